The molecule has 4 rings (SSSR count). The van der Waals surface area contributed by atoms with E-state index in [-0.39, 0.29) is 30.3 Å². The number of benzene rings is 1. The number of nitrogens with zero attached hydrogens (tertiary/aromatic N) is 2. The molecule has 1 aromatic carbocycles. The molecule has 2 unspecified atom stereocenters. The standard InChI is InChI=1S/C24H34N4O3/c1-2-3-13-27-14-7-6-8-18(27)15-25-21(29)16-26-23(30)22-19-9-4-5-10-20(19)24(31)28(22)17-11-12-17/h4-5,9-10,17-18,22H,2-3,6-8,11-16H2,1H3,(H,25,29)(H,26,30). The van der Waals surface area contributed by atoms with Gasteiger partial charge in [0.05, 0.1) is 6.54 Å². The zero-order chi connectivity index (χ0) is 21.8. The molecule has 31 heavy (non-hydrogen) atoms. The first-order valence-corrected chi connectivity index (χ1v) is 11.8. The van der Waals surface area contributed by atoms with Crippen molar-refractivity contribution in [1.82, 2.24) is 20.4 Å². The third-order valence-corrected chi connectivity index (χ3v) is 6.69. The molecule has 0 spiro atoms. The Hall–Kier alpha value is -2.41. The van der Waals surface area contributed by atoms with Crippen LogP contribution in [0.5, 0.6) is 0 Å². The molecule has 2 aliphatic heterocycles. The molecular formula is C24H34N4O3. The van der Waals surface area contributed by atoms with Crippen molar-refractivity contribution in [3.63, 3.8) is 0 Å². The molecule has 2 heterocycles. The highest BCUT2D eigenvalue weighted by Gasteiger charge is 2.47. The molecule has 1 saturated heterocycles. The average molecular weight is 427 g/mol. The van der Waals surface area contributed by atoms with Gasteiger partial charge in [0.15, 0.2) is 0 Å². The van der Waals surface area contributed by atoms with E-state index in [1.54, 1.807) is 11.0 Å². The van der Waals surface area contributed by atoms with Gasteiger partial charge in [-0.25, -0.2) is 0 Å². The maximum absolute atomic E-state index is 13.0. The Morgan fingerprint density at radius 2 is 1.90 bits per heavy atom. The number of likely N-dealkylation sites (tertiary alicyclic amines) is 1. The van der Waals surface area contributed by atoms with Gasteiger partial charge in [0.25, 0.3) is 5.91 Å². The Morgan fingerprint density at radius 1 is 1.10 bits per heavy atom. The molecule has 168 valence electrons. The molecule has 1 saturated carbocycles. The molecule has 2 fully saturated rings. The smallest absolute Gasteiger partial charge is 0.255 e. The van der Waals surface area contributed by atoms with Crippen molar-refractivity contribution < 1.29 is 14.4 Å². The zero-order valence-corrected chi connectivity index (χ0v) is 18.4. The van der Waals surface area contributed by atoms with Crippen LogP contribution in [0, 0.1) is 0 Å². The lowest BCUT2D eigenvalue weighted by Crippen LogP contribution is -2.49. The molecule has 2 N–H and O–H groups in total. The van der Waals surface area contributed by atoms with Gasteiger partial charge >= 0.3 is 0 Å². The van der Waals surface area contributed by atoms with Crippen molar-refractivity contribution in [2.45, 2.75) is 70.0 Å². The third kappa shape index (κ3) is 4.92. The predicted molar refractivity (Wildman–Crippen MR) is 119 cm³/mol. The number of carbonyl (C=O) groups is 3. The van der Waals surface area contributed by atoms with Gasteiger partial charge in [-0.2, -0.15) is 0 Å². The summed E-state index contributed by atoms with van der Waals surface area (Å²) in [6.45, 7) is 4.94. The van der Waals surface area contributed by atoms with Crippen LogP contribution < -0.4 is 10.6 Å². The third-order valence-electron chi connectivity index (χ3n) is 6.69. The fourth-order valence-corrected chi connectivity index (χ4v) is 4.84. The number of unbranched alkanes of at least 4 members (excludes halogenated alkanes) is 1. The molecule has 7 nitrogen and oxygen atoms in total. The van der Waals surface area contributed by atoms with Crippen molar-refractivity contribution in [3.05, 3.63) is 35.4 Å². The Labute approximate surface area is 184 Å². The number of nitrogens with one attached hydrogen (secondary N) is 2. The fourth-order valence-electron chi connectivity index (χ4n) is 4.84. The highest BCUT2D eigenvalue weighted by Crippen LogP contribution is 2.41. The Bertz CT molecular complexity index is 823. The SMILES string of the molecule is CCCCN1CCCCC1CNC(=O)CNC(=O)C1c2ccccc2C(=O)N1C1CC1. The molecule has 0 aromatic heterocycles. The number of hydrogen-bond acceptors (Lipinski definition) is 4. The largest absolute Gasteiger partial charge is 0.353 e. The van der Waals surface area contributed by atoms with E-state index in [4.69, 9.17) is 0 Å². The van der Waals surface area contributed by atoms with Crippen LogP contribution in [-0.4, -0.2) is 65.8 Å². The minimum Gasteiger partial charge on any atom is -0.353 e. The molecule has 3 amide bonds. The van der Waals surface area contributed by atoms with E-state index in [1.807, 2.05) is 18.2 Å². The van der Waals surface area contributed by atoms with Crippen molar-refractivity contribution in [3.8, 4) is 0 Å². The summed E-state index contributed by atoms with van der Waals surface area (Å²) in [5.41, 5.74) is 1.34. The minimum absolute atomic E-state index is 0.0636. The van der Waals surface area contributed by atoms with Crippen LogP contribution in [-0.2, 0) is 9.59 Å². The van der Waals surface area contributed by atoms with Gasteiger partial charge in [0, 0.05) is 24.2 Å². The van der Waals surface area contributed by atoms with Gasteiger partial charge < -0.3 is 15.5 Å². The van der Waals surface area contributed by atoms with E-state index in [2.05, 4.69) is 22.5 Å². The van der Waals surface area contributed by atoms with E-state index in [0.717, 1.165) is 37.9 Å². The summed E-state index contributed by atoms with van der Waals surface area (Å²) in [5.74, 6) is -0.528. The molecular weight excluding hydrogens is 392 g/mol. The Morgan fingerprint density at radius 3 is 2.68 bits per heavy atom. The Balaban J connectivity index is 1.30. The molecule has 0 radical (unpaired) electrons. The summed E-state index contributed by atoms with van der Waals surface area (Å²) < 4.78 is 0. The van der Waals surface area contributed by atoms with Crippen molar-refractivity contribution >= 4 is 17.7 Å². The van der Waals surface area contributed by atoms with Crippen molar-refractivity contribution in [2.75, 3.05) is 26.2 Å². The van der Waals surface area contributed by atoms with Gasteiger partial charge in [-0.15, -0.1) is 0 Å². The van der Waals surface area contributed by atoms with Gasteiger partial charge in [-0.3, -0.25) is 19.3 Å². The summed E-state index contributed by atoms with van der Waals surface area (Å²) >= 11 is 0. The average Bonchev–Trinajstić information content (AvgIpc) is 3.59. The molecule has 1 aromatic rings. The van der Waals surface area contributed by atoms with Gasteiger partial charge in [0.2, 0.25) is 11.8 Å². The van der Waals surface area contributed by atoms with Crippen molar-refractivity contribution in [1.29, 1.82) is 0 Å². The first-order valence-electron chi connectivity index (χ1n) is 11.8. The molecule has 3 aliphatic rings. The van der Waals surface area contributed by atoms with Crippen LogP contribution in [0.3, 0.4) is 0 Å². The molecule has 1 aliphatic carbocycles. The number of rotatable bonds is 9. The van der Waals surface area contributed by atoms with E-state index < -0.39 is 6.04 Å². The fraction of sp³-hybridized carbons (Fsp3) is 0.625. The summed E-state index contributed by atoms with van der Waals surface area (Å²) in [5, 5.41) is 5.78. The Kier molecular flexibility index (Phi) is 6.90. The normalized spacial score (nSPS) is 23.5. The summed E-state index contributed by atoms with van der Waals surface area (Å²) in [6, 6.07) is 7.17. The maximum atomic E-state index is 13.0. The number of piperidine rings is 1. The second kappa shape index (κ2) is 9.81. The molecule has 7 heteroatoms. The van der Waals surface area contributed by atoms with Crippen LogP contribution in [0.25, 0.3) is 0 Å². The number of amides is 3. The van der Waals surface area contributed by atoms with Crippen LogP contribution in [0.15, 0.2) is 24.3 Å². The van der Waals surface area contributed by atoms with Gasteiger partial charge in [-0.05, 0) is 56.8 Å². The quantitative estimate of drug-likeness (QED) is 0.635. The van der Waals surface area contributed by atoms with Crippen LogP contribution >= 0.6 is 0 Å². The van der Waals surface area contributed by atoms with Crippen LogP contribution in [0.4, 0.5) is 0 Å². The molecule has 0 bridgehead atoms. The summed E-state index contributed by atoms with van der Waals surface area (Å²) in [4.78, 5) is 42.4. The van der Waals surface area contributed by atoms with E-state index in [0.29, 0.717) is 18.2 Å². The number of fused-ring (bicyclic) bond motifs is 1. The van der Waals surface area contributed by atoms with Gasteiger partial charge in [-0.1, -0.05) is 38.0 Å². The van der Waals surface area contributed by atoms with E-state index >= 15 is 0 Å². The predicted octanol–water partition coefficient (Wildman–Crippen LogP) is 2.23. The second-order valence-corrected chi connectivity index (χ2v) is 8.99. The van der Waals surface area contributed by atoms with Crippen molar-refractivity contribution in [2.24, 2.45) is 0 Å². The van der Waals surface area contributed by atoms with Crippen LogP contribution in [0.1, 0.15) is 73.8 Å². The monoisotopic (exact) mass is 426 g/mol. The zero-order valence-electron chi connectivity index (χ0n) is 18.4. The topological polar surface area (TPSA) is 81.8 Å². The van der Waals surface area contributed by atoms with Crippen LogP contribution in [0.2, 0.25) is 0 Å². The first kappa shape index (κ1) is 21.8. The lowest BCUT2D eigenvalue weighted by molar-refractivity contribution is -0.129. The van der Waals surface area contributed by atoms with E-state index in [9.17, 15) is 14.4 Å². The van der Waals surface area contributed by atoms with E-state index in [1.165, 1.54) is 25.7 Å². The first-order chi connectivity index (χ1) is 15.1. The highest BCUT2D eigenvalue weighted by atomic mass is 16.2. The lowest BCUT2D eigenvalue weighted by atomic mass is 10.0. The lowest BCUT2D eigenvalue weighted by Gasteiger charge is -2.35. The summed E-state index contributed by atoms with van der Waals surface area (Å²) in [6.07, 6.45) is 7.74. The highest BCUT2D eigenvalue weighted by molar-refractivity contribution is 6.05. The molecule has 2 atom stereocenters. The maximum Gasteiger partial charge on any atom is 0.255 e. The summed E-state index contributed by atoms with van der Waals surface area (Å²) in [7, 11) is 0. The minimum atomic E-state index is -0.633. The number of hydrogen-bond donors (Lipinski definition) is 2. The second-order valence-electron chi connectivity index (χ2n) is 8.99. The van der Waals surface area contributed by atoms with Gasteiger partial charge in [0.1, 0.15) is 6.04 Å². The number of carbonyl (C=O) groups excluding carboxylic acids is 3.